The zero-order valence-corrected chi connectivity index (χ0v) is 14.6. The fourth-order valence-electron chi connectivity index (χ4n) is 2.50. The summed E-state index contributed by atoms with van der Waals surface area (Å²) in [5.74, 6) is 0. The van der Waals surface area contributed by atoms with Gasteiger partial charge in [0.15, 0.2) is 0 Å². The van der Waals surface area contributed by atoms with Gasteiger partial charge < -0.3 is 9.67 Å². The van der Waals surface area contributed by atoms with Crippen molar-refractivity contribution in [3.05, 3.63) is 34.1 Å². The Morgan fingerprint density at radius 2 is 2.05 bits per heavy atom. The highest BCUT2D eigenvalue weighted by atomic mass is 79.9. The molecule has 0 bridgehead atoms. The maximum Gasteiger partial charge on any atom is 0.101 e. The van der Waals surface area contributed by atoms with E-state index in [-0.39, 0.29) is 6.04 Å². The molecule has 1 unspecified atom stereocenters. The van der Waals surface area contributed by atoms with E-state index in [0.717, 1.165) is 34.5 Å². The molecule has 116 valence electrons. The van der Waals surface area contributed by atoms with Gasteiger partial charge in [-0.25, -0.2) is 4.98 Å². The average molecular weight is 355 g/mol. The molecule has 2 rings (SSSR count). The first-order valence-electron chi connectivity index (χ1n) is 7.43. The minimum Gasteiger partial charge on any atom is -0.386 e. The van der Waals surface area contributed by atoms with Crippen molar-refractivity contribution in [3.63, 3.8) is 0 Å². The van der Waals surface area contributed by atoms with E-state index in [1.807, 2.05) is 9.25 Å². The number of aliphatic hydroxyl groups is 1. The summed E-state index contributed by atoms with van der Waals surface area (Å²) in [6.45, 7) is 9.11. The fraction of sp³-hybridized carbons (Fsp3) is 0.600. The maximum atomic E-state index is 10.6. The van der Waals surface area contributed by atoms with Gasteiger partial charge in [0, 0.05) is 19.0 Å². The molecule has 2 aromatic heterocycles. The molecule has 0 saturated heterocycles. The van der Waals surface area contributed by atoms with Crippen LogP contribution in [-0.4, -0.2) is 24.4 Å². The molecule has 0 saturated carbocycles. The lowest BCUT2D eigenvalue weighted by atomic mass is 10.1. The molecule has 0 spiro atoms. The maximum absolute atomic E-state index is 10.6. The normalized spacial score (nSPS) is 13.1. The molecule has 0 aliphatic heterocycles. The van der Waals surface area contributed by atoms with Gasteiger partial charge in [0.1, 0.15) is 6.10 Å². The van der Waals surface area contributed by atoms with Gasteiger partial charge in [-0.3, -0.25) is 4.68 Å². The Morgan fingerprint density at radius 3 is 2.62 bits per heavy atom. The molecule has 0 aliphatic carbocycles. The Bertz CT molecular complexity index is 603. The van der Waals surface area contributed by atoms with Crippen LogP contribution in [0.5, 0.6) is 0 Å². The first-order chi connectivity index (χ1) is 9.99. The number of rotatable bonds is 6. The Labute approximate surface area is 134 Å². The lowest BCUT2D eigenvalue weighted by molar-refractivity contribution is 0.164. The van der Waals surface area contributed by atoms with Gasteiger partial charge in [0.05, 0.1) is 34.1 Å². The monoisotopic (exact) mass is 354 g/mol. The summed E-state index contributed by atoms with van der Waals surface area (Å²) < 4.78 is 4.98. The third-order valence-corrected chi connectivity index (χ3v) is 4.59. The average Bonchev–Trinajstić information content (AvgIpc) is 3.05. The molecule has 0 amide bonds. The number of nitrogens with zero attached hydrogens (tertiary/aromatic N) is 4. The number of halogens is 1. The van der Waals surface area contributed by atoms with Crippen LogP contribution in [0.1, 0.15) is 56.9 Å². The quantitative estimate of drug-likeness (QED) is 0.865. The highest BCUT2D eigenvalue weighted by molar-refractivity contribution is 9.10. The molecule has 0 aliphatic rings. The summed E-state index contributed by atoms with van der Waals surface area (Å²) in [6, 6.07) is 0.280. The van der Waals surface area contributed by atoms with Crippen LogP contribution in [0.25, 0.3) is 0 Å². The fourth-order valence-corrected chi connectivity index (χ4v) is 3.23. The van der Waals surface area contributed by atoms with Crippen molar-refractivity contribution in [1.82, 2.24) is 19.3 Å². The van der Waals surface area contributed by atoms with Crippen molar-refractivity contribution in [2.24, 2.45) is 0 Å². The van der Waals surface area contributed by atoms with Crippen molar-refractivity contribution < 1.29 is 5.11 Å². The number of aryl methyl sites for hydroxylation is 2. The van der Waals surface area contributed by atoms with Gasteiger partial charge in [-0.15, -0.1) is 0 Å². The van der Waals surface area contributed by atoms with Crippen molar-refractivity contribution in [3.8, 4) is 0 Å². The molecule has 2 heterocycles. The Kier molecular flexibility index (Phi) is 5.22. The Morgan fingerprint density at radius 1 is 1.33 bits per heavy atom. The standard InChI is InChI=1S/C15H23BrN4O/c1-5-11-15(16)12(20(6-2)18-11)7-14(21)13-8-17-9-19(13)10(3)4/h8-10,14,21H,5-7H2,1-4H3. The number of imidazole rings is 1. The van der Waals surface area contributed by atoms with Crippen LogP contribution in [-0.2, 0) is 19.4 Å². The number of aromatic nitrogens is 4. The van der Waals surface area contributed by atoms with E-state index >= 15 is 0 Å². The topological polar surface area (TPSA) is 55.9 Å². The van der Waals surface area contributed by atoms with Gasteiger partial charge in [-0.05, 0) is 43.1 Å². The van der Waals surface area contributed by atoms with Crippen molar-refractivity contribution in [2.45, 2.75) is 59.2 Å². The second kappa shape index (κ2) is 6.75. The third kappa shape index (κ3) is 3.21. The van der Waals surface area contributed by atoms with Gasteiger partial charge in [-0.2, -0.15) is 5.10 Å². The van der Waals surface area contributed by atoms with E-state index in [2.05, 4.69) is 53.7 Å². The molecule has 2 aromatic rings. The third-order valence-electron chi connectivity index (χ3n) is 3.67. The van der Waals surface area contributed by atoms with E-state index in [1.165, 1.54) is 0 Å². The lowest BCUT2D eigenvalue weighted by Crippen LogP contribution is -2.13. The van der Waals surface area contributed by atoms with E-state index in [9.17, 15) is 5.11 Å². The SMILES string of the molecule is CCc1nn(CC)c(CC(O)c2cncn2C(C)C)c1Br. The predicted molar refractivity (Wildman–Crippen MR) is 86.3 cm³/mol. The Balaban J connectivity index is 2.29. The molecule has 21 heavy (non-hydrogen) atoms. The molecule has 5 nitrogen and oxygen atoms in total. The molecule has 0 aromatic carbocycles. The predicted octanol–water partition coefficient (Wildman–Crippen LogP) is 3.28. The molecular weight excluding hydrogens is 332 g/mol. The largest absolute Gasteiger partial charge is 0.386 e. The number of aliphatic hydroxyl groups excluding tert-OH is 1. The van der Waals surface area contributed by atoms with Crippen LogP contribution in [0.15, 0.2) is 17.0 Å². The van der Waals surface area contributed by atoms with Gasteiger partial charge >= 0.3 is 0 Å². The van der Waals surface area contributed by atoms with Crippen molar-refractivity contribution in [1.29, 1.82) is 0 Å². The summed E-state index contributed by atoms with van der Waals surface area (Å²) in [5.41, 5.74) is 2.92. The second-order valence-corrected chi connectivity index (χ2v) is 6.21. The minimum atomic E-state index is -0.585. The van der Waals surface area contributed by atoms with Crippen LogP contribution in [0.4, 0.5) is 0 Å². The Hall–Kier alpha value is -1.14. The van der Waals surface area contributed by atoms with Crippen LogP contribution < -0.4 is 0 Å². The summed E-state index contributed by atoms with van der Waals surface area (Å²) in [6.07, 6.45) is 4.33. The van der Waals surface area contributed by atoms with Crippen molar-refractivity contribution in [2.75, 3.05) is 0 Å². The minimum absolute atomic E-state index is 0.280. The summed E-state index contributed by atoms with van der Waals surface area (Å²) >= 11 is 3.63. The summed E-state index contributed by atoms with van der Waals surface area (Å²) in [4.78, 5) is 4.16. The van der Waals surface area contributed by atoms with Crippen LogP contribution >= 0.6 is 15.9 Å². The van der Waals surface area contributed by atoms with Crippen LogP contribution in [0.2, 0.25) is 0 Å². The zero-order chi connectivity index (χ0) is 15.6. The molecule has 1 N–H and O–H groups in total. The first-order valence-corrected chi connectivity index (χ1v) is 8.22. The smallest absolute Gasteiger partial charge is 0.101 e. The van der Waals surface area contributed by atoms with E-state index in [4.69, 9.17) is 0 Å². The first kappa shape index (κ1) is 16.2. The summed E-state index contributed by atoms with van der Waals surface area (Å²) in [5, 5.41) is 15.2. The second-order valence-electron chi connectivity index (χ2n) is 5.42. The highest BCUT2D eigenvalue weighted by Crippen LogP contribution is 2.28. The number of hydrogen-bond acceptors (Lipinski definition) is 3. The highest BCUT2D eigenvalue weighted by Gasteiger charge is 2.21. The van der Waals surface area contributed by atoms with Crippen molar-refractivity contribution >= 4 is 15.9 Å². The number of hydrogen-bond donors (Lipinski definition) is 1. The van der Waals surface area contributed by atoms with Gasteiger partial charge in [-0.1, -0.05) is 6.92 Å². The van der Waals surface area contributed by atoms with Gasteiger partial charge in [0.25, 0.3) is 0 Å². The molecular formula is C15H23BrN4O. The van der Waals surface area contributed by atoms with E-state index in [1.54, 1.807) is 12.5 Å². The lowest BCUT2D eigenvalue weighted by Gasteiger charge is -2.17. The zero-order valence-electron chi connectivity index (χ0n) is 13.0. The molecule has 0 fully saturated rings. The molecule has 1 atom stereocenters. The summed E-state index contributed by atoms with van der Waals surface area (Å²) in [7, 11) is 0. The molecule has 6 heteroatoms. The van der Waals surface area contributed by atoms with E-state index < -0.39 is 6.10 Å². The van der Waals surface area contributed by atoms with Crippen LogP contribution in [0.3, 0.4) is 0 Å². The van der Waals surface area contributed by atoms with Gasteiger partial charge in [0.2, 0.25) is 0 Å². The molecule has 0 radical (unpaired) electrons. The van der Waals surface area contributed by atoms with E-state index in [0.29, 0.717) is 6.42 Å². The van der Waals surface area contributed by atoms with Crippen LogP contribution in [0, 0.1) is 0 Å².